The summed E-state index contributed by atoms with van der Waals surface area (Å²) in [4.78, 5) is 12.9. The highest BCUT2D eigenvalue weighted by Crippen LogP contribution is 2.57. The first-order valence-electron chi connectivity index (χ1n) is 11.5. The molecule has 1 aromatic heterocycles. The fraction of sp³-hybridized carbons (Fsp3) is 0.818. The topological polar surface area (TPSA) is 94.2 Å². The molecule has 2 aliphatic heterocycles. The Morgan fingerprint density at radius 2 is 1.90 bits per heavy atom. The summed E-state index contributed by atoms with van der Waals surface area (Å²) in [6.07, 6.45) is 8.43. The molecule has 4 aliphatic carbocycles. The van der Waals surface area contributed by atoms with Gasteiger partial charge in [0, 0.05) is 12.1 Å². The smallest absolute Gasteiger partial charge is 0.271 e. The minimum Gasteiger partial charge on any atom is -0.367 e. The van der Waals surface area contributed by atoms with Crippen molar-refractivity contribution in [2.45, 2.75) is 69.2 Å². The quantitative estimate of drug-likeness (QED) is 0.715. The number of nitrogens with zero attached hydrogens (tertiary/aromatic N) is 2. The van der Waals surface area contributed by atoms with E-state index in [0.29, 0.717) is 30.7 Å². The van der Waals surface area contributed by atoms with Gasteiger partial charge in [0.05, 0.1) is 24.4 Å². The van der Waals surface area contributed by atoms with Gasteiger partial charge in [0.2, 0.25) is 0 Å². The predicted octanol–water partition coefficient (Wildman–Crippen LogP) is 1.42. The fourth-order valence-corrected chi connectivity index (χ4v) is 7.22. The van der Waals surface area contributed by atoms with Gasteiger partial charge in [-0.25, -0.2) is 0 Å². The molecule has 6 aliphatic rings. The molecule has 3 heterocycles. The Balaban J connectivity index is 1.14. The van der Waals surface area contributed by atoms with E-state index in [1.54, 1.807) is 0 Å². The van der Waals surface area contributed by atoms with E-state index in [9.17, 15) is 4.79 Å². The van der Waals surface area contributed by atoms with Crippen molar-refractivity contribution in [1.29, 1.82) is 0 Å². The number of ether oxygens (including phenoxy) is 1. The number of aromatic nitrogens is 2. The van der Waals surface area contributed by atoms with Gasteiger partial charge in [-0.05, 0) is 87.8 Å². The molecular formula is C22H33N5O2. The third-order valence-electron chi connectivity index (χ3n) is 8.79. The summed E-state index contributed by atoms with van der Waals surface area (Å²) in [7, 11) is 0. The highest BCUT2D eigenvalue weighted by molar-refractivity contribution is 5.92. The van der Waals surface area contributed by atoms with Crippen LogP contribution in [-0.4, -0.2) is 46.5 Å². The van der Waals surface area contributed by atoms with Gasteiger partial charge in [-0.1, -0.05) is 0 Å². The second-order valence-electron chi connectivity index (χ2n) is 10.5. The van der Waals surface area contributed by atoms with Crippen LogP contribution in [0.1, 0.15) is 61.1 Å². The van der Waals surface area contributed by atoms with Crippen molar-refractivity contribution in [3.63, 3.8) is 0 Å². The lowest BCUT2D eigenvalue weighted by Gasteiger charge is -2.59. The van der Waals surface area contributed by atoms with E-state index in [4.69, 9.17) is 10.5 Å². The second kappa shape index (κ2) is 6.53. The van der Waals surface area contributed by atoms with E-state index in [1.807, 2.05) is 10.7 Å². The molecule has 5 fully saturated rings. The average Bonchev–Trinajstić information content (AvgIpc) is 3.13. The number of hydrogen-bond acceptors (Lipinski definition) is 5. The van der Waals surface area contributed by atoms with Gasteiger partial charge in [0.25, 0.3) is 5.91 Å². The normalized spacial score (nSPS) is 39.5. The van der Waals surface area contributed by atoms with Crippen molar-refractivity contribution in [2.75, 3.05) is 19.6 Å². The molecule has 7 rings (SSSR count). The maximum absolute atomic E-state index is 12.9. The number of carbonyl (C=O) groups is 1. The predicted molar refractivity (Wildman–Crippen MR) is 108 cm³/mol. The van der Waals surface area contributed by atoms with E-state index >= 15 is 0 Å². The Morgan fingerprint density at radius 3 is 2.59 bits per heavy atom. The lowest BCUT2D eigenvalue weighted by molar-refractivity contribution is -0.109. The zero-order valence-electron chi connectivity index (χ0n) is 17.2. The highest BCUT2D eigenvalue weighted by Gasteiger charge is 2.55. The molecule has 1 saturated heterocycles. The van der Waals surface area contributed by atoms with Crippen LogP contribution in [0.4, 0.5) is 0 Å². The standard InChI is InChI=1S/C22H33N5O2/c23-22(16-6-14-5-15(8-16)9-17(22)7-14)12-25-20(28)19-10-18-11-29-21(13-27(18)26-19)1-3-24-4-2-21/h10,14-17,24H,1-9,11-13,23H2,(H,25,28). The molecule has 1 amide bonds. The third-order valence-corrected chi connectivity index (χ3v) is 8.79. The minimum atomic E-state index is -0.231. The zero-order chi connectivity index (χ0) is 19.6. The van der Waals surface area contributed by atoms with Crippen LogP contribution in [0.3, 0.4) is 0 Å². The summed E-state index contributed by atoms with van der Waals surface area (Å²) in [5, 5.41) is 11.2. The summed E-state index contributed by atoms with van der Waals surface area (Å²) in [5.41, 5.74) is 8.08. The van der Waals surface area contributed by atoms with Gasteiger partial charge in [-0.3, -0.25) is 9.48 Å². The number of nitrogens with one attached hydrogen (secondary N) is 2. The van der Waals surface area contributed by atoms with Crippen molar-refractivity contribution < 1.29 is 9.53 Å². The molecule has 4 N–H and O–H groups in total. The molecule has 29 heavy (non-hydrogen) atoms. The molecule has 4 bridgehead atoms. The molecule has 0 unspecified atom stereocenters. The lowest BCUT2D eigenvalue weighted by Crippen LogP contribution is -2.67. The van der Waals surface area contributed by atoms with Crippen LogP contribution >= 0.6 is 0 Å². The minimum absolute atomic E-state index is 0.0927. The van der Waals surface area contributed by atoms with Crippen LogP contribution in [0.5, 0.6) is 0 Å². The molecule has 158 valence electrons. The number of carbonyl (C=O) groups excluding carboxylic acids is 1. The van der Waals surface area contributed by atoms with Crippen LogP contribution in [0.25, 0.3) is 0 Å². The number of amides is 1. The number of hydrogen-bond donors (Lipinski definition) is 3. The Bertz CT molecular complexity index is 784. The van der Waals surface area contributed by atoms with Gasteiger partial charge in [0.15, 0.2) is 5.69 Å². The first kappa shape index (κ1) is 18.3. The van der Waals surface area contributed by atoms with Crippen molar-refractivity contribution in [1.82, 2.24) is 20.4 Å². The molecule has 1 spiro atoms. The van der Waals surface area contributed by atoms with Gasteiger partial charge < -0.3 is 21.1 Å². The second-order valence-corrected chi connectivity index (χ2v) is 10.5. The van der Waals surface area contributed by atoms with E-state index in [1.165, 1.54) is 32.1 Å². The number of rotatable bonds is 3. The molecule has 0 aromatic carbocycles. The van der Waals surface area contributed by atoms with E-state index in [2.05, 4.69) is 15.7 Å². The summed E-state index contributed by atoms with van der Waals surface area (Å²) < 4.78 is 8.20. The van der Waals surface area contributed by atoms with Gasteiger partial charge in [-0.2, -0.15) is 5.10 Å². The Labute approximate surface area is 172 Å². The molecule has 7 nitrogen and oxygen atoms in total. The molecule has 0 radical (unpaired) electrons. The largest absolute Gasteiger partial charge is 0.367 e. The highest BCUT2D eigenvalue weighted by atomic mass is 16.5. The number of fused-ring (bicyclic) bond motifs is 1. The van der Waals surface area contributed by atoms with Crippen LogP contribution < -0.4 is 16.4 Å². The van der Waals surface area contributed by atoms with Crippen molar-refractivity contribution >= 4 is 5.91 Å². The van der Waals surface area contributed by atoms with Gasteiger partial charge in [-0.15, -0.1) is 0 Å². The lowest BCUT2D eigenvalue weighted by atomic mass is 9.49. The molecule has 0 atom stereocenters. The Hall–Kier alpha value is -1.44. The van der Waals surface area contributed by atoms with E-state index in [-0.39, 0.29) is 17.0 Å². The molecule has 7 heteroatoms. The van der Waals surface area contributed by atoms with Crippen LogP contribution in [-0.2, 0) is 17.9 Å². The first-order chi connectivity index (χ1) is 14.0. The maximum atomic E-state index is 12.9. The van der Waals surface area contributed by atoms with Crippen molar-refractivity contribution in [3.05, 3.63) is 17.5 Å². The van der Waals surface area contributed by atoms with Crippen LogP contribution in [0.2, 0.25) is 0 Å². The van der Waals surface area contributed by atoms with Crippen molar-refractivity contribution in [2.24, 2.45) is 29.4 Å². The Kier molecular flexibility index (Phi) is 4.13. The Morgan fingerprint density at radius 1 is 1.21 bits per heavy atom. The van der Waals surface area contributed by atoms with Crippen LogP contribution in [0, 0.1) is 23.7 Å². The SMILES string of the molecule is NC1(CNC(=O)c2cc3n(n2)CC2(CCNCC2)OC3)C2CC3CC(C2)CC1C3. The van der Waals surface area contributed by atoms with E-state index in [0.717, 1.165) is 50.0 Å². The maximum Gasteiger partial charge on any atom is 0.271 e. The van der Waals surface area contributed by atoms with E-state index < -0.39 is 0 Å². The number of nitrogens with two attached hydrogens (primary N) is 1. The van der Waals surface area contributed by atoms with Gasteiger partial charge in [0.1, 0.15) is 0 Å². The third kappa shape index (κ3) is 2.96. The molecular weight excluding hydrogens is 366 g/mol. The average molecular weight is 400 g/mol. The van der Waals surface area contributed by atoms with Crippen LogP contribution in [0.15, 0.2) is 6.07 Å². The molecule has 1 aromatic rings. The fourth-order valence-electron chi connectivity index (χ4n) is 7.22. The van der Waals surface area contributed by atoms with Gasteiger partial charge >= 0.3 is 0 Å². The summed E-state index contributed by atoms with van der Waals surface area (Å²) >= 11 is 0. The molecule has 4 saturated carbocycles. The zero-order valence-corrected chi connectivity index (χ0v) is 17.2. The monoisotopic (exact) mass is 399 g/mol. The number of piperidine rings is 1. The van der Waals surface area contributed by atoms with Crippen molar-refractivity contribution in [3.8, 4) is 0 Å². The summed E-state index contributed by atoms with van der Waals surface area (Å²) in [6, 6.07) is 1.89. The summed E-state index contributed by atoms with van der Waals surface area (Å²) in [6.45, 7) is 3.81. The first-order valence-corrected chi connectivity index (χ1v) is 11.5. The summed E-state index contributed by atoms with van der Waals surface area (Å²) in [5.74, 6) is 2.81.